The molecule has 4 heteroatoms. The Morgan fingerprint density at radius 2 is 2.33 bits per heavy atom. The first-order valence-corrected chi connectivity index (χ1v) is 5.21. The molecule has 0 saturated carbocycles. The van der Waals surface area contributed by atoms with Gasteiger partial charge in [-0.1, -0.05) is 0 Å². The lowest BCUT2D eigenvalue weighted by Gasteiger charge is -2.23. The first-order valence-electron chi connectivity index (χ1n) is 4.06. The molecule has 1 unspecified atom stereocenters. The molecule has 70 valence electrons. The number of aldehydes is 1. The van der Waals surface area contributed by atoms with Crippen molar-refractivity contribution < 1.29 is 13.6 Å². The van der Waals surface area contributed by atoms with Gasteiger partial charge in [0.05, 0.1) is 0 Å². The van der Waals surface area contributed by atoms with E-state index in [1.54, 1.807) is 11.8 Å². The average molecular weight is 194 g/mol. The van der Waals surface area contributed by atoms with Crippen LogP contribution in [-0.4, -0.2) is 23.7 Å². The number of hydrogen-bond acceptors (Lipinski definition) is 2. The summed E-state index contributed by atoms with van der Waals surface area (Å²) in [6.07, 6.45) is 1.36. The van der Waals surface area contributed by atoms with Gasteiger partial charge in [-0.2, -0.15) is 20.5 Å². The Morgan fingerprint density at radius 3 is 2.83 bits per heavy atom. The van der Waals surface area contributed by atoms with Crippen molar-refractivity contribution in [3.63, 3.8) is 0 Å². The molecule has 1 rings (SSSR count). The lowest BCUT2D eigenvalue weighted by atomic mass is 9.98. The zero-order chi connectivity index (χ0) is 9.03. The molecule has 1 aliphatic heterocycles. The van der Waals surface area contributed by atoms with Crippen LogP contribution in [0.4, 0.5) is 8.78 Å². The molecule has 1 fully saturated rings. The molecule has 0 amide bonds. The van der Waals surface area contributed by atoms with Gasteiger partial charge in [0.15, 0.2) is 6.29 Å². The van der Waals surface area contributed by atoms with Gasteiger partial charge in [-0.15, -0.1) is 0 Å². The van der Waals surface area contributed by atoms with E-state index in [2.05, 4.69) is 0 Å². The van der Waals surface area contributed by atoms with Crippen LogP contribution in [-0.2, 0) is 4.79 Å². The van der Waals surface area contributed by atoms with Crippen molar-refractivity contribution in [1.29, 1.82) is 0 Å². The van der Waals surface area contributed by atoms with Gasteiger partial charge in [-0.25, -0.2) is 0 Å². The third-order valence-electron chi connectivity index (χ3n) is 1.99. The summed E-state index contributed by atoms with van der Waals surface area (Å²) in [7, 11) is 0. The predicted molar refractivity (Wildman–Crippen MR) is 45.7 cm³/mol. The maximum absolute atomic E-state index is 12.6. The SMILES string of the molecule is O=CC(F)(F)CC1CCCSC1. The van der Waals surface area contributed by atoms with E-state index in [1.807, 2.05) is 0 Å². The molecule has 0 aromatic heterocycles. The molecule has 1 atom stereocenters. The highest BCUT2D eigenvalue weighted by Gasteiger charge is 2.32. The van der Waals surface area contributed by atoms with Gasteiger partial charge < -0.3 is 0 Å². The number of halogens is 2. The first kappa shape index (κ1) is 9.96. The summed E-state index contributed by atoms with van der Waals surface area (Å²) in [6.45, 7) is 0. The van der Waals surface area contributed by atoms with E-state index in [-0.39, 0.29) is 18.6 Å². The largest absolute Gasteiger partial charge is 0.302 e. The first-order chi connectivity index (χ1) is 5.64. The molecule has 0 radical (unpaired) electrons. The third-order valence-corrected chi connectivity index (χ3v) is 3.27. The van der Waals surface area contributed by atoms with Crippen LogP contribution >= 0.6 is 11.8 Å². The normalized spacial score (nSPS) is 25.3. The van der Waals surface area contributed by atoms with E-state index in [1.165, 1.54) is 0 Å². The van der Waals surface area contributed by atoms with Gasteiger partial charge in [0.2, 0.25) is 0 Å². The highest BCUT2D eigenvalue weighted by molar-refractivity contribution is 7.99. The zero-order valence-corrected chi connectivity index (χ0v) is 7.58. The van der Waals surface area contributed by atoms with Crippen LogP contribution in [0.1, 0.15) is 19.3 Å². The van der Waals surface area contributed by atoms with Crippen LogP contribution in [0.25, 0.3) is 0 Å². The van der Waals surface area contributed by atoms with Gasteiger partial charge in [0.1, 0.15) is 0 Å². The minimum Gasteiger partial charge on any atom is -0.297 e. The second-order valence-electron chi connectivity index (χ2n) is 3.17. The standard InChI is InChI=1S/C8H12F2OS/c9-8(10,6-11)4-7-2-1-3-12-5-7/h6-7H,1-5H2. The lowest BCUT2D eigenvalue weighted by Crippen LogP contribution is -2.25. The van der Waals surface area contributed by atoms with Crippen LogP contribution in [0.15, 0.2) is 0 Å². The second-order valence-corrected chi connectivity index (χ2v) is 4.32. The van der Waals surface area contributed by atoms with Crippen LogP contribution in [0.5, 0.6) is 0 Å². The minimum absolute atomic E-state index is 0.0314. The molecule has 0 spiro atoms. The van der Waals surface area contributed by atoms with Gasteiger partial charge in [-0.05, 0) is 30.3 Å². The van der Waals surface area contributed by atoms with E-state index in [0.717, 1.165) is 24.3 Å². The van der Waals surface area contributed by atoms with Crippen molar-refractivity contribution in [2.24, 2.45) is 5.92 Å². The molecule has 12 heavy (non-hydrogen) atoms. The zero-order valence-electron chi connectivity index (χ0n) is 6.76. The quantitative estimate of drug-likeness (QED) is 0.641. The molecule has 0 bridgehead atoms. The van der Waals surface area contributed by atoms with Crippen LogP contribution < -0.4 is 0 Å². The monoisotopic (exact) mass is 194 g/mol. The van der Waals surface area contributed by atoms with Crippen LogP contribution in [0.2, 0.25) is 0 Å². The average Bonchev–Trinajstić information content (AvgIpc) is 2.06. The number of carbonyl (C=O) groups is 1. The fourth-order valence-electron chi connectivity index (χ4n) is 1.40. The Balaban J connectivity index is 2.33. The Hall–Kier alpha value is -0.120. The minimum atomic E-state index is -3.09. The summed E-state index contributed by atoms with van der Waals surface area (Å²) in [5, 5.41) is 0. The van der Waals surface area contributed by atoms with Crippen molar-refractivity contribution in [3.8, 4) is 0 Å². The van der Waals surface area contributed by atoms with Gasteiger partial charge in [0, 0.05) is 6.42 Å². The van der Waals surface area contributed by atoms with E-state index in [4.69, 9.17) is 0 Å². The highest BCUT2D eigenvalue weighted by Crippen LogP contribution is 2.30. The number of hydrogen-bond donors (Lipinski definition) is 0. The predicted octanol–water partition coefficient (Wildman–Crippen LogP) is 2.35. The Kier molecular flexibility index (Phi) is 3.50. The smallest absolute Gasteiger partial charge is 0.297 e. The number of rotatable bonds is 3. The Labute approximate surface area is 74.9 Å². The maximum Gasteiger partial charge on any atom is 0.302 e. The molecular formula is C8H12F2OS. The topological polar surface area (TPSA) is 17.1 Å². The number of alkyl halides is 2. The second kappa shape index (κ2) is 4.21. The molecule has 0 aliphatic carbocycles. The molecule has 1 nitrogen and oxygen atoms in total. The summed E-state index contributed by atoms with van der Waals surface area (Å²) in [6, 6.07) is 0. The highest BCUT2D eigenvalue weighted by atomic mass is 32.2. The molecule has 1 saturated heterocycles. The Bertz CT molecular complexity index is 155. The van der Waals surface area contributed by atoms with E-state index >= 15 is 0 Å². The molecular weight excluding hydrogens is 182 g/mol. The van der Waals surface area contributed by atoms with Gasteiger partial charge in [0.25, 0.3) is 0 Å². The van der Waals surface area contributed by atoms with Gasteiger partial charge >= 0.3 is 5.92 Å². The molecule has 1 aliphatic rings. The van der Waals surface area contributed by atoms with E-state index in [0.29, 0.717) is 0 Å². The third kappa shape index (κ3) is 3.09. The van der Waals surface area contributed by atoms with Crippen LogP contribution in [0.3, 0.4) is 0 Å². The fraction of sp³-hybridized carbons (Fsp3) is 0.875. The van der Waals surface area contributed by atoms with Crippen molar-refractivity contribution in [3.05, 3.63) is 0 Å². The molecule has 1 heterocycles. The van der Waals surface area contributed by atoms with E-state index < -0.39 is 5.92 Å². The van der Waals surface area contributed by atoms with Crippen molar-refractivity contribution in [1.82, 2.24) is 0 Å². The number of carbonyl (C=O) groups excluding carboxylic acids is 1. The summed E-state index contributed by atoms with van der Waals surface area (Å²) in [5.74, 6) is -1.21. The van der Waals surface area contributed by atoms with E-state index in [9.17, 15) is 13.6 Å². The summed E-state index contributed by atoms with van der Waals surface area (Å²) >= 11 is 1.70. The van der Waals surface area contributed by atoms with Crippen molar-refractivity contribution >= 4 is 18.0 Å². The Morgan fingerprint density at radius 1 is 1.58 bits per heavy atom. The number of thioether (sulfide) groups is 1. The molecule has 0 aromatic carbocycles. The van der Waals surface area contributed by atoms with Gasteiger partial charge in [-0.3, -0.25) is 4.79 Å². The molecule has 0 aromatic rings. The van der Waals surface area contributed by atoms with Crippen LogP contribution in [0, 0.1) is 5.92 Å². The molecule has 0 N–H and O–H groups in total. The van der Waals surface area contributed by atoms with Crippen molar-refractivity contribution in [2.75, 3.05) is 11.5 Å². The summed E-state index contributed by atoms with van der Waals surface area (Å²) < 4.78 is 25.1. The summed E-state index contributed by atoms with van der Waals surface area (Å²) in [4.78, 5) is 9.94. The lowest BCUT2D eigenvalue weighted by molar-refractivity contribution is -0.131. The fourth-order valence-corrected chi connectivity index (χ4v) is 2.56. The summed E-state index contributed by atoms with van der Waals surface area (Å²) in [5.41, 5.74) is 0. The van der Waals surface area contributed by atoms with Crippen molar-refractivity contribution in [2.45, 2.75) is 25.2 Å². The maximum atomic E-state index is 12.6.